The molecule has 24 heavy (non-hydrogen) atoms. The van der Waals surface area contributed by atoms with E-state index in [-0.39, 0.29) is 39.7 Å². The van der Waals surface area contributed by atoms with Crippen LogP contribution in [-0.4, -0.2) is 18.6 Å². The van der Waals surface area contributed by atoms with Crippen LogP contribution >= 0.6 is 24.8 Å². The molecule has 1 aliphatic carbocycles. The van der Waals surface area contributed by atoms with Crippen molar-refractivity contribution >= 4 is 42.5 Å². The molecule has 3 rings (SSSR count). The van der Waals surface area contributed by atoms with Crippen molar-refractivity contribution in [1.29, 1.82) is 0 Å². The van der Waals surface area contributed by atoms with E-state index in [9.17, 15) is 0 Å². The van der Waals surface area contributed by atoms with Crippen LogP contribution in [0.5, 0.6) is 0 Å². The summed E-state index contributed by atoms with van der Waals surface area (Å²) in [7, 11) is 0. The van der Waals surface area contributed by atoms with E-state index in [1.807, 2.05) is 0 Å². The Morgan fingerprint density at radius 2 is 1.79 bits per heavy atom. The van der Waals surface area contributed by atoms with Gasteiger partial charge >= 0.3 is 30.2 Å². The van der Waals surface area contributed by atoms with Crippen LogP contribution < -0.4 is 0 Å². The van der Waals surface area contributed by atoms with Gasteiger partial charge in [-0.3, -0.25) is 6.08 Å². The number of rotatable bonds is 3. The number of aliphatic hydroxyl groups excluding tert-OH is 1. The first-order chi connectivity index (χ1) is 9.90. The fraction of sp³-hybridized carbons (Fsp3) is 0.211. The van der Waals surface area contributed by atoms with Gasteiger partial charge in [-0.2, -0.15) is 23.6 Å². The summed E-state index contributed by atoms with van der Waals surface area (Å²) in [6.07, 6.45) is 10.2. The van der Waals surface area contributed by atoms with Crippen molar-refractivity contribution < 1.29 is 28.4 Å². The SMILES string of the molecule is Cl.Cl.OCCCC1=[C-]CC=C1.[CH3-].[CH3-].[Si]=[Zr].c1ccc2[cH-]ccc2c1. The van der Waals surface area contributed by atoms with Gasteiger partial charge < -0.3 is 20.0 Å². The van der Waals surface area contributed by atoms with Crippen molar-refractivity contribution in [2.75, 3.05) is 6.61 Å². The van der Waals surface area contributed by atoms with Gasteiger partial charge in [0.1, 0.15) is 0 Å². The minimum absolute atomic E-state index is 0. The van der Waals surface area contributed by atoms with Crippen molar-refractivity contribution in [3.05, 3.63) is 81.1 Å². The Balaban J connectivity index is -0.000000131. The molecule has 134 valence electrons. The maximum Gasteiger partial charge on any atom is -0.0809 e. The van der Waals surface area contributed by atoms with Crippen molar-refractivity contribution in [1.82, 2.24) is 0 Å². The second-order valence-corrected chi connectivity index (χ2v) is 4.29. The fourth-order valence-corrected chi connectivity index (χ4v) is 1.96. The molecule has 0 saturated heterocycles. The molecule has 2 aromatic rings. The third kappa shape index (κ3) is 12.3. The molecular formula is C19H26Cl2OSiZr-4. The van der Waals surface area contributed by atoms with E-state index in [0.717, 1.165) is 19.3 Å². The molecule has 1 nitrogen and oxygen atoms in total. The van der Waals surface area contributed by atoms with E-state index in [4.69, 9.17) is 5.11 Å². The summed E-state index contributed by atoms with van der Waals surface area (Å²) in [4.78, 5) is 0. The molecule has 2 aromatic carbocycles. The Hall–Kier alpha value is -0.0500. The molecule has 0 amide bonds. The van der Waals surface area contributed by atoms with Crippen LogP contribution in [0.15, 0.2) is 60.2 Å². The predicted molar refractivity (Wildman–Crippen MR) is 109 cm³/mol. The van der Waals surface area contributed by atoms with Crippen LogP contribution in [0.3, 0.4) is 0 Å². The molecule has 0 aliphatic heterocycles. The molecule has 0 spiro atoms. The van der Waals surface area contributed by atoms with E-state index in [2.05, 4.69) is 67.6 Å². The number of halogens is 2. The zero-order valence-electron chi connectivity index (χ0n) is 14.3. The normalized spacial score (nSPS) is 10.1. The smallest absolute Gasteiger partial charge is 0.0809 e. The number of hydrogen-bond donors (Lipinski definition) is 1. The minimum atomic E-state index is 0. The Morgan fingerprint density at radius 3 is 2.33 bits per heavy atom. The van der Waals surface area contributed by atoms with Gasteiger partial charge in [0, 0.05) is 6.61 Å². The van der Waals surface area contributed by atoms with Crippen LogP contribution in [-0.2, 0) is 23.3 Å². The molecule has 1 N–H and O–H groups in total. The average molecular weight is 461 g/mol. The Labute approximate surface area is 177 Å². The molecule has 0 heterocycles. The van der Waals surface area contributed by atoms with Gasteiger partial charge in [-0.25, -0.2) is 11.6 Å². The van der Waals surface area contributed by atoms with Gasteiger partial charge in [0.05, 0.1) is 0 Å². The molecule has 2 radical (unpaired) electrons. The first kappa shape index (κ1) is 31.7. The van der Waals surface area contributed by atoms with Crippen LogP contribution in [0.4, 0.5) is 0 Å². The van der Waals surface area contributed by atoms with E-state index < -0.39 is 0 Å². The fourth-order valence-electron chi connectivity index (χ4n) is 1.96. The Kier molecular flexibility index (Phi) is 27.7. The van der Waals surface area contributed by atoms with E-state index in [1.54, 1.807) is 0 Å². The van der Waals surface area contributed by atoms with E-state index in [0.29, 0.717) is 6.61 Å². The average Bonchev–Trinajstić information content (AvgIpc) is 3.19. The first-order valence-electron chi connectivity index (χ1n) is 6.62. The predicted octanol–water partition coefficient (Wildman–Crippen LogP) is 5.37. The topological polar surface area (TPSA) is 20.2 Å². The summed E-state index contributed by atoms with van der Waals surface area (Å²) < 4.78 is 0. The van der Waals surface area contributed by atoms with Crippen LogP contribution in [0.2, 0.25) is 0 Å². The van der Waals surface area contributed by atoms with Gasteiger partial charge in [0.15, 0.2) is 0 Å². The first-order valence-corrected chi connectivity index (χ1v) is 10.8. The second-order valence-electron chi connectivity index (χ2n) is 4.29. The summed E-state index contributed by atoms with van der Waals surface area (Å²) in [5.41, 5.74) is 1.25. The molecule has 0 fully saturated rings. The molecule has 0 saturated carbocycles. The Morgan fingerprint density at radius 1 is 1.12 bits per heavy atom. The summed E-state index contributed by atoms with van der Waals surface area (Å²) in [5.74, 6) is 0. The third-order valence-electron chi connectivity index (χ3n) is 2.92. The van der Waals surface area contributed by atoms with E-state index >= 15 is 0 Å². The maximum atomic E-state index is 8.46. The standard InChI is InChI=1S/C9H7.C8H11O.2CH3.2ClH.Si.Zr/c1-2-5-9-7-3-6-8(9)4-1;9-7-3-6-8-4-1-2-5-8;;;;;;/h1-7H;1,4,9H,2-3,6-7H2;2*1H3;2*1H;;/q4*-1;;;;. The Bertz CT molecular complexity index is 537. The molecule has 1 aliphatic rings. The van der Waals surface area contributed by atoms with Gasteiger partial charge in [-0.15, -0.1) is 60.9 Å². The zero-order chi connectivity index (χ0) is 14.6. The van der Waals surface area contributed by atoms with Gasteiger partial charge in [0.25, 0.3) is 0 Å². The van der Waals surface area contributed by atoms with Crippen molar-refractivity contribution in [3.63, 3.8) is 0 Å². The van der Waals surface area contributed by atoms with Gasteiger partial charge in [-0.05, 0) is 6.42 Å². The largest absolute Gasteiger partial charge is 0.168 e. The maximum absolute atomic E-state index is 8.46. The number of aliphatic hydroxyl groups is 1. The molecule has 0 aromatic heterocycles. The third-order valence-corrected chi connectivity index (χ3v) is 2.92. The molecule has 0 unspecified atom stereocenters. The van der Waals surface area contributed by atoms with Gasteiger partial charge in [-0.1, -0.05) is 12.5 Å². The van der Waals surface area contributed by atoms with Gasteiger partial charge in [0.2, 0.25) is 0 Å². The molecule has 0 atom stereocenters. The quantitative estimate of drug-likeness (QED) is 0.482. The second kappa shape index (κ2) is 21.0. The molecular weight excluding hydrogens is 434 g/mol. The summed E-state index contributed by atoms with van der Waals surface area (Å²) in [6, 6.07) is 14.7. The van der Waals surface area contributed by atoms with Crippen LogP contribution in [0, 0.1) is 20.9 Å². The van der Waals surface area contributed by atoms with Crippen molar-refractivity contribution in [2.24, 2.45) is 0 Å². The zero-order valence-corrected chi connectivity index (χ0v) is 19.4. The summed E-state index contributed by atoms with van der Waals surface area (Å²) >= 11 is 1.36. The number of benzene rings is 1. The van der Waals surface area contributed by atoms with Crippen LogP contribution in [0.1, 0.15) is 19.3 Å². The van der Waals surface area contributed by atoms with Crippen molar-refractivity contribution in [2.45, 2.75) is 19.3 Å². The summed E-state index contributed by atoms with van der Waals surface area (Å²) in [6.45, 7) is 3.35. The molecule has 5 heteroatoms. The minimum Gasteiger partial charge on any atom is -0.168 e. The summed E-state index contributed by atoms with van der Waals surface area (Å²) in [5, 5.41) is 11.1. The monoisotopic (exact) mass is 458 g/mol. The number of hydrogen-bond acceptors (Lipinski definition) is 1. The number of fused-ring (bicyclic) bond motifs is 1. The van der Waals surface area contributed by atoms with Crippen molar-refractivity contribution in [3.8, 4) is 0 Å². The van der Waals surface area contributed by atoms with Crippen LogP contribution in [0.25, 0.3) is 10.8 Å². The van der Waals surface area contributed by atoms with E-state index in [1.165, 1.54) is 39.7 Å². The number of allylic oxidation sites excluding steroid dienone is 4. The molecule has 0 bridgehead atoms.